The first-order chi connectivity index (χ1) is 7.83. The molecule has 1 fully saturated rings. The van der Waals surface area contributed by atoms with Crippen LogP contribution in [-0.4, -0.2) is 5.88 Å². The Morgan fingerprint density at radius 2 is 1.81 bits per heavy atom. The predicted molar refractivity (Wildman–Crippen MR) is 71.5 cm³/mol. The number of hydrogen-bond acceptors (Lipinski definition) is 0. The smallest absolute Gasteiger partial charge is 0.0441 e. The topological polar surface area (TPSA) is 0 Å². The van der Waals surface area contributed by atoms with Crippen LogP contribution in [-0.2, 0) is 0 Å². The summed E-state index contributed by atoms with van der Waals surface area (Å²) in [5.41, 5.74) is 1.24. The molecule has 1 saturated carbocycles. The molecular weight excluding hydrogens is 239 g/mol. The van der Waals surface area contributed by atoms with E-state index >= 15 is 0 Å². The molecule has 0 aromatic heterocycles. The van der Waals surface area contributed by atoms with Crippen LogP contribution in [0.4, 0.5) is 0 Å². The number of benzene rings is 1. The maximum Gasteiger partial charge on any atom is 0.0441 e. The van der Waals surface area contributed by atoms with Gasteiger partial charge in [-0.1, -0.05) is 49.1 Å². The Bertz CT molecular complexity index is 329. The van der Waals surface area contributed by atoms with Crippen LogP contribution in [0, 0.1) is 5.92 Å². The van der Waals surface area contributed by atoms with Crippen molar-refractivity contribution in [1.82, 2.24) is 0 Å². The van der Waals surface area contributed by atoms with Crippen molar-refractivity contribution < 1.29 is 0 Å². The minimum absolute atomic E-state index is 0.440. The Balaban J connectivity index is 2.18. The summed E-state index contributed by atoms with van der Waals surface area (Å²) in [6.45, 7) is 0. The molecule has 0 N–H and O–H groups in total. The van der Waals surface area contributed by atoms with E-state index in [-0.39, 0.29) is 0 Å². The van der Waals surface area contributed by atoms with Gasteiger partial charge in [0, 0.05) is 16.8 Å². The lowest BCUT2D eigenvalue weighted by molar-refractivity contribution is 0.318. The molecule has 1 unspecified atom stereocenters. The molecule has 0 aliphatic heterocycles. The Labute approximate surface area is 108 Å². The summed E-state index contributed by atoms with van der Waals surface area (Å²) in [5.74, 6) is 1.86. The highest BCUT2D eigenvalue weighted by atomic mass is 35.5. The van der Waals surface area contributed by atoms with Crippen LogP contribution in [0.1, 0.15) is 43.6 Å². The van der Waals surface area contributed by atoms with Crippen molar-refractivity contribution in [3.63, 3.8) is 0 Å². The van der Waals surface area contributed by atoms with E-state index < -0.39 is 0 Å². The van der Waals surface area contributed by atoms with Crippen LogP contribution in [0.25, 0.3) is 0 Å². The van der Waals surface area contributed by atoms with Gasteiger partial charge in [0.1, 0.15) is 0 Å². The minimum Gasteiger partial charge on any atom is -0.126 e. The highest BCUT2D eigenvalue weighted by molar-refractivity contribution is 6.31. The highest BCUT2D eigenvalue weighted by Gasteiger charge is 2.25. The van der Waals surface area contributed by atoms with Gasteiger partial charge in [-0.25, -0.2) is 0 Å². The SMILES string of the molecule is ClCC(c1ccccc1Cl)C1CCCCC1. The molecule has 1 aliphatic carbocycles. The lowest BCUT2D eigenvalue weighted by Crippen LogP contribution is -2.18. The van der Waals surface area contributed by atoms with E-state index in [9.17, 15) is 0 Å². The second kappa shape index (κ2) is 5.93. The summed E-state index contributed by atoms with van der Waals surface area (Å²) in [6, 6.07) is 8.14. The summed E-state index contributed by atoms with van der Waals surface area (Å²) in [6.07, 6.45) is 6.70. The Morgan fingerprint density at radius 1 is 1.12 bits per heavy atom. The van der Waals surface area contributed by atoms with Crippen LogP contribution < -0.4 is 0 Å². The second-order valence-corrected chi connectivity index (χ2v) is 5.40. The molecule has 2 rings (SSSR count). The minimum atomic E-state index is 0.440. The quantitative estimate of drug-likeness (QED) is 0.649. The van der Waals surface area contributed by atoms with Crippen LogP contribution in [0.2, 0.25) is 5.02 Å². The molecule has 1 aromatic carbocycles. The van der Waals surface area contributed by atoms with E-state index in [1.54, 1.807) is 0 Å². The van der Waals surface area contributed by atoms with Gasteiger partial charge in [-0.15, -0.1) is 11.6 Å². The van der Waals surface area contributed by atoms with E-state index in [0.29, 0.717) is 11.8 Å². The zero-order valence-corrected chi connectivity index (χ0v) is 11.0. The lowest BCUT2D eigenvalue weighted by Gasteiger charge is -2.29. The average molecular weight is 257 g/mol. The summed E-state index contributed by atoms with van der Waals surface area (Å²) < 4.78 is 0. The van der Waals surface area contributed by atoms with Crippen LogP contribution in [0.3, 0.4) is 0 Å². The van der Waals surface area contributed by atoms with Crippen LogP contribution in [0.5, 0.6) is 0 Å². The second-order valence-electron chi connectivity index (χ2n) is 4.68. The first-order valence-electron chi connectivity index (χ1n) is 6.13. The van der Waals surface area contributed by atoms with E-state index in [1.807, 2.05) is 12.1 Å². The molecule has 0 spiro atoms. The molecule has 1 atom stereocenters. The maximum absolute atomic E-state index is 6.26. The van der Waals surface area contributed by atoms with Crippen molar-refractivity contribution in [2.45, 2.75) is 38.0 Å². The summed E-state index contributed by atoms with van der Waals surface area (Å²) in [5, 5.41) is 0.874. The highest BCUT2D eigenvalue weighted by Crippen LogP contribution is 2.39. The van der Waals surface area contributed by atoms with Crippen molar-refractivity contribution >= 4 is 23.2 Å². The third kappa shape index (κ3) is 2.73. The number of rotatable bonds is 3. The third-order valence-corrected chi connectivity index (χ3v) is 4.37. The molecule has 0 heterocycles. The summed E-state index contributed by atoms with van der Waals surface area (Å²) >= 11 is 12.4. The number of hydrogen-bond donors (Lipinski definition) is 0. The number of halogens is 2. The molecule has 2 heteroatoms. The largest absolute Gasteiger partial charge is 0.126 e. The van der Waals surface area contributed by atoms with Crippen molar-refractivity contribution in [3.8, 4) is 0 Å². The molecular formula is C14H18Cl2. The summed E-state index contributed by atoms with van der Waals surface area (Å²) in [7, 11) is 0. The van der Waals surface area contributed by atoms with Gasteiger partial charge in [-0.3, -0.25) is 0 Å². The van der Waals surface area contributed by atoms with Gasteiger partial charge >= 0.3 is 0 Å². The molecule has 88 valence electrons. The standard InChI is InChI=1S/C14H18Cl2/c15-10-13(11-6-2-1-3-7-11)12-8-4-5-9-14(12)16/h4-5,8-9,11,13H,1-3,6-7,10H2. The van der Waals surface area contributed by atoms with Crippen molar-refractivity contribution in [3.05, 3.63) is 34.9 Å². The Kier molecular flexibility index (Phi) is 4.55. The normalized spacial score (nSPS) is 19.6. The first-order valence-corrected chi connectivity index (χ1v) is 7.04. The summed E-state index contributed by atoms with van der Waals surface area (Å²) in [4.78, 5) is 0. The van der Waals surface area contributed by atoms with E-state index in [1.165, 1.54) is 37.7 Å². The van der Waals surface area contributed by atoms with Crippen molar-refractivity contribution in [1.29, 1.82) is 0 Å². The molecule has 16 heavy (non-hydrogen) atoms. The lowest BCUT2D eigenvalue weighted by atomic mass is 9.78. The predicted octanol–water partition coefficient (Wildman–Crippen LogP) is 5.24. The molecule has 0 bridgehead atoms. The molecule has 0 saturated heterocycles. The zero-order valence-electron chi connectivity index (χ0n) is 9.46. The Morgan fingerprint density at radius 3 is 2.44 bits per heavy atom. The monoisotopic (exact) mass is 256 g/mol. The zero-order chi connectivity index (χ0) is 11.4. The molecule has 0 radical (unpaired) electrons. The van der Waals surface area contributed by atoms with Crippen LogP contribution in [0.15, 0.2) is 24.3 Å². The van der Waals surface area contributed by atoms with Crippen molar-refractivity contribution in [2.24, 2.45) is 5.92 Å². The maximum atomic E-state index is 6.26. The molecule has 1 aliphatic rings. The van der Waals surface area contributed by atoms with Gasteiger partial charge in [0.25, 0.3) is 0 Å². The van der Waals surface area contributed by atoms with Gasteiger partial charge in [0.2, 0.25) is 0 Å². The number of alkyl halides is 1. The molecule has 0 amide bonds. The van der Waals surface area contributed by atoms with E-state index in [0.717, 1.165) is 10.9 Å². The first kappa shape index (κ1) is 12.3. The van der Waals surface area contributed by atoms with Crippen LogP contribution >= 0.6 is 23.2 Å². The molecule has 0 nitrogen and oxygen atoms in total. The fourth-order valence-corrected chi connectivity index (χ4v) is 3.47. The third-order valence-electron chi connectivity index (χ3n) is 3.69. The van der Waals surface area contributed by atoms with Gasteiger partial charge in [-0.2, -0.15) is 0 Å². The van der Waals surface area contributed by atoms with Gasteiger partial charge in [-0.05, 0) is 30.4 Å². The van der Waals surface area contributed by atoms with Gasteiger partial charge in [0.05, 0.1) is 0 Å². The van der Waals surface area contributed by atoms with Crippen molar-refractivity contribution in [2.75, 3.05) is 5.88 Å². The van der Waals surface area contributed by atoms with Gasteiger partial charge < -0.3 is 0 Å². The van der Waals surface area contributed by atoms with E-state index in [2.05, 4.69) is 12.1 Å². The average Bonchev–Trinajstić information content (AvgIpc) is 2.34. The fourth-order valence-electron chi connectivity index (χ4n) is 2.78. The van der Waals surface area contributed by atoms with Gasteiger partial charge in [0.15, 0.2) is 0 Å². The Hall–Kier alpha value is -0.200. The fraction of sp³-hybridized carbons (Fsp3) is 0.571. The van der Waals surface area contributed by atoms with E-state index in [4.69, 9.17) is 23.2 Å². The molecule has 1 aromatic rings.